The van der Waals surface area contributed by atoms with Crippen molar-refractivity contribution in [2.24, 2.45) is 0 Å². The highest BCUT2D eigenvalue weighted by Crippen LogP contribution is 2.18. The number of carbonyl (C=O) groups is 2. The van der Waals surface area contributed by atoms with Gasteiger partial charge in [0.15, 0.2) is 0 Å². The molecule has 0 saturated carbocycles. The van der Waals surface area contributed by atoms with Gasteiger partial charge in [0.1, 0.15) is 18.4 Å². The van der Waals surface area contributed by atoms with Gasteiger partial charge in [-0.1, -0.05) is 30.3 Å². The predicted molar refractivity (Wildman–Crippen MR) is 97.8 cm³/mol. The lowest BCUT2D eigenvalue weighted by atomic mass is 10.1. The number of anilines is 1. The van der Waals surface area contributed by atoms with Gasteiger partial charge in [-0.2, -0.15) is 0 Å². The fraction of sp³-hybridized carbons (Fsp3) is 0.300. The normalized spacial score (nSPS) is 17.4. The van der Waals surface area contributed by atoms with Crippen LogP contribution in [0.3, 0.4) is 0 Å². The average molecular weight is 354 g/mol. The van der Waals surface area contributed by atoms with Crippen LogP contribution in [0.5, 0.6) is 5.75 Å². The maximum absolute atomic E-state index is 12.4. The molecule has 1 saturated heterocycles. The monoisotopic (exact) mass is 354 g/mol. The smallest absolute Gasteiger partial charge is 0.323 e. The third-order valence-electron chi connectivity index (χ3n) is 4.32. The topological polar surface area (TPSA) is 67.9 Å². The van der Waals surface area contributed by atoms with E-state index in [9.17, 15) is 9.59 Å². The molecule has 2 aromatic rings. The van der Waals surface area contributed by atoms with Crippen LogP contribution in [-0.4, -0.2) is 43.1 Å². The summed E-state index contributed by atoms with van der Waals surface area (Å²) in [6.07, 6.45) is 0.0533. The summed E-state index contributed by atoms with van der Waals surface area (Å²) in [7, 11) is 1.59. The molecule has 2 aromatic carbocycles. The van der Waals surface area contributed by atoms with Gasteiger partial charge in [-0.15, -0.1) is 0 Å². The van der Waals surface area contributed by atoms with E-state index >= 15 is 0 Å². The number of cyclic esters (lactones) is 1. The van der Waals surface area contributed by atoms with E-state index in [-0.39, 0.29) is 18.3 Å². The molecule has 1 atom stereocenters. The maximum Gasteiger partial charge on any atom is 0.323 e. The summed E-state index contributed by atoms with van der Waals surface area (Å²) in [5.74, 6) is 0.141. The maximum atomic E-state index is 12.4. The van der Waals surface area contributed by atoms with E-state index in [4.69, 9.17) is 9.47 Å². The van der Waals surface area contributed by atoms with Gasteiger partial charge in [-0.25, -0.2) is 0 Å². The van der Waals surface area contributed by atoms with Gasteiger partial charge in [0.25, 0.3) is 0 Å². The molecule has 6 nitrogen and oxygen atoms in total. The van der Waals surface area contributed by atoms with Gasteiger partial charge in [0.05, 0.1) is 13.5 Å². The SMILES string of the molecule is COc1ccc(NC(=O)CC2C(=O)OCCN2Cc2ccccc2)cc1. The third kappa shape index (κ3) is 4.61. The Balaban J connectivity index is 1.63. The molecular weight excluding hydrogens is 332 g/mol. The zero-order valence-electron chi connectivity index (χ0n) is 14.7. The summed E-state index contributed by atoms with van der Waals surface area (Å²) in [5, 5.41) is 2.82. The quantitative estimate of drug-likeness (QED) is 0.807. The average Bonchev–Trinajstić information content (AvgIpc) is 2.66. The Bertz CT molecular complexity index is 746. The number of benzene rings is 2. The number of esters is 1. The molecule has 26 heavy (non-hydrogen) atoms. The van der Waals surface area contributed by atoms with Crippen LogP contribution in [0.4, 0.5) is 5.69 Å². The van der Waals surface area contributed by atoms with Crippen LogP contribution in [-0.2, 0) is 20.9 Å². The number of morpholine rings is 1. The number of rotatable bonds is 6. The van der Waals surface area contributed by atoms with Gasteiger partial charge in [-0.05, 0) is 29.8 Å². The molecule has 1 heterocycles. The van der Waals surface area contributed by atoms with Gasteiger partial charge in [0.2, 0.25) is 5.91 Å². The second-order valence-corrected chi connectivity index (χ2v) is 6.12. The first-order valence-electron chi connectivity index (χ1n) is 8.54. The third-order valence-corrected chi connectivity index (χ3v) is 4.32. The Labute approximate surface area is 152 Å². The van der Waals surface area contributed by atoms with Gasteiger partial charge in [-0.3, -0.25) is 14.5 Å². The summed E-state index contributed by atoms with van der Waals surface area (Å²) in [6, 6.07) is 16.4. The minimum atomic E-state index is -0.581. The second-order valence-electron chi connectivity index (χ2n) is 6.12. The van der Waals surface area contributed by atoms with E-state index in [1.54, 1.807) is 31.4 Å². The van der Waals surface area contributed by atoms with Crippen LogP contribution in [0, 0.1) is 0 Å². The van der Waals surface area contributed by atoms with E-state index in [1.807, 2.05) is 35.2 Å². The van der Waals surface area contributed by atoms with E-state index < -0.39 is 6.04 Å². The van der Waals surface area contributed by atoms with Crippen LogP contribution in [0.2, 0.25) is 0 Å². The van der Waals surface area contributed by atoms with Crippen molar-refractivity contribution in [1.29, 1.82) is 0 Å². The number of amides is 1. The molecule has 0 aliphatic carbocycles. The molecule has 0 spiro atoms. The van der Waals surface area contributed by atoms with Gasteiger partial charge < -0.3 is 14.8 Å². The van der Waals surface area contributed by atoms with Crippen LogP contribution in [0.1, 0.15) is 12.0 Å². The first-order chi connectivity index (χ1) is 12.7. The van der Waals surface area contributed by atoms with E-state index in [0.717, 1.165) is 5.56 Å². The standard InChI is InChI=1S/C20H22N2O4/c1-25-17-9-7-16(8-10-17)21-19(23)13-18-20(24)26-12-11-22(18)14-15-5-3-2-4-6-15/h2-10,18H,11-14H2,1H3,(H,21,23). The molecule has 6 heteroatoms. The van der Waals surface area contributed by atoms with Crippen LogP contribution < -0.4 is 10.1 Å². The van der Waals surface area contributed by atoms with Crippen molar-refractivity contribution in [3.05, 3.63) is 60.2 Å². The molecule has 1 unspecified atom stereocenters. The lowest BCUT2D eigenvalue weighted by Crippen LogP contribution is -2.49. The number of methoxy groups -OCH3 is 1. The van der Waals surface area contributed by atoms with Crippen molar-refractivity contribution in [2.45, 2.75) is 19.0 Å². The molecule has 136 valence electrons. The van der Waals surface area contributed by atoms with Crippen molar-refractivity contribution in [3.63, 3.8) is 0 Å². The predicted octanol–water partition coefficient (Wildman–Crippen LogP) is 2.45. The molecule has 1 aliphatic heterocycles. The molecule has 1 aliphatic rings. The Hall–Kier alpha value is -2.86. The molecule has 0 aromatic heterocycles. The molecule has 1 fully saturated rings. The number of nitrogens with one attached hydrogen (secondary N) is 1. The molecule has 1 N–H and O–H groups in total. The molecular formula is C20H22N2O4. The minimum absolute atomic E-state index is 0.0533. The Kier molecular flexibility index (Phi) is 5.86. The first-order valence-corrected chi connectivity index (χ1v) is 8.54. The zero-order valence-corrected chi connectivity index (χ0v) is 14.7. The van der Waals surface area contributed by atoms with Crippen molar-refractivity contribution in [2.75, 3.05) is 25.6 Å². The van der Waals surface area contributed by atoms with Crippen LogP contribution >= 0.6 is 0 Å². The first kappa shape index (κ1) is 17.9. The molecule has 0 bridgehead atoms. The Morgan fingerprint density at radius 1 is 1.19 bits per heavy atom. The minimum Gasteiger partial charge on any atom is -0.497 e. The number of hydrogen-bond acceptors (Lipinski definition) is 5. The van der Waals surface area contributed by atoms with E-state index in [1.165, 1.54) is 0 Å². The summed E-state index contributed by atoms with van der Waals surface area (Å²) in [6.45, 7) is 1.57. The van der Waals surface area contributed by atoms with Crippen molar-refractivity contribution in [3.8, 4) is 5.75 Å². The summed E-state index contributed by atoms with van der Waals surface area (Å²) >= 11 is 0. The second kappa shape index (κ2) is 8.49. The van der Waals surface area contributed by atoms with Gasteiger partial charge >= 0.3 is 5.97 Å². The van der Waals surface area contributed by atoms with Gasteiger partial charge in [0, 0.05) is 18.8 Å². The highest BCUT2D eigenvalue weighted by Gasteiger charge is 2.33. The zero-order chi connectivity index (χ0) is 18.4. The number of hydrogen-bond donors (Lipinski definition) is 1. The Morgan fingerprint density at radius 3 is 2.62 bits per heavy atom. The molecule has 1 amide bonds. The van der Waals surface area contributed by atoms with Crippen molar-refractivity contribution < 1.29 is 19.1 Å². The van der Waals surface area contributed by atoms with E-state index in [2.05, 4.69) is 5.32 Å². The Morgan fingerprint density at radius 2 is 1.92 bits per heavy atom. The van der Waals surface area contributed by atoms with Crippen molar-refractivity contribution in [1.82, 2.24) is 4.90 Å². The van der Waals surface area contributed by atoms with Crippen LogP contribution in [0.25, 0.3) is 0 Å². The van der Waals surface area contributed by atoms with Crippen LogP contribution in [0.15, 0.2) is 54.6 Å². The summed E-state index contributed by atoms with van der Waals surface area (Å²) in [5.41, 5.74) is 1.76. The highest BCUT2D eigenvalue weighted by atomic mass is 16.5. The summed E-state index contributed by atoms with van der Waals surface area (Å²) < 4.78 is 10.3. The lowest BCUT2D eigenvalue weighted by Gasteiger charge is -2.33. The fourth-order valence-electron chi connectivity index (χ4n) is 2.95. The number of carbonyl (C=O) groups excluding carboxylic acids is 2. The number of nitrogens with zero attached hydrogens (tertiary/aromatic N) is 1. The lowest BCUT2D eigenvalue weighted by molar-refractivity contribution is -0.159. The highest BCUT2D eigenvalue weighted by molar-refractivity contribution is 5.94. The fourth-order valence-corrected chi connectivity index (χ4v) is 2.95. The van der Waals surface area contributed by atoms with E-state index in [0.29, 0.717) is 31.1 Å². The summed E-state index contributed by atoms with van der Waals surface area (Å²) in [4.78, 5) is 26.6. The number of ether oxygens (including phenoxy) is 2. The van der Waals surface area contributed by atoms with Crippen molar-refractivity contribution >= 4 is 17.6 Å². The largest absolute Gasteiger partial charge is 0.497 e. The molecule has 3 rings (SSSR count). The molecule has 0 radical (unpaired) electrons.